The summed E-state index contributed by atoms with van der Waals surface area (Å²) in [6.07, 6.45) is 6.53. The van der Waals surface area contributed by atoms with Gasteiger partial charge in [-0.15, -0.1) is 0 Å². The molecule has 3 heterocycles. The predicted molar refractivity (Wildman–Crippen MR) is 136 cm³/mol. The lowest BCUT2D eigenvalue weighted by Crippen LogP contribution is -2.42. The minimum absolute atomic E-state index is 0.0378. The lowest BCUT2D eigenvalue weighted by Gasteiger charge is -2.32. The number of anilines is 1. The normalized spacial score (nSPS) is 16.1. The van der Waals surface area contributed by atoms with Crippen molar-refractivity contribution in [3.8, 4) is 17.2 Å². The monoisotopic (exact) mass is 469 g/mol. The van der Waals surface area contributed by atoms with Crippen LogP contribution in [0.1, 0.15) is 25.8 Å². The molecule has 2 N–H and O–H groups in total. The average Bonchev–Trinajstić information content (AvgIpc) is 3.18. The molecule has 5 rings (SSSR count). The third-order valence-corrected chi connectivity index (χ3v) is 6.27. The SMILES string of the molecule is CC=CC(=O)N1CCC[C@@H](n2c(=O)n(-c3ccc(Oc4ccccc4)cc3)c3c(N)nccc32)C1. The molecule has 35 heavy (non-hydrogen) atoms. The summed E-state index contributed by atoms with van der Waals surface area (Å²) in [5, 5.41) is 0. The van der Waals surface area contributed by atoms with Crippen molar-refractivity contribution >= 4 is 22.8 Å². The second-order valence-electron chi connectivity index (χ2n) is 8.54. The molecule has 178 valence electrons. The Balaban J connectivity index is 1.54. The molecule has 8 nitrogen and oxygen atoms in total. The summed E-state index contributed by atoms with van der Waals surface area (Å²) in [7, 11) is 0. The highest BCUT2D eigenvalue weighted by Crippen LogP contribution is 2.29. The van der Waals surface area contributed by atoms with E-state index >= 15 is 0 Å². The molecule has 1 saturated heterocycles. The van der Waals surface area contributed by atoms with Crippen LogP contribution in [-0.2, 0) is 4.79 Å². The fourth-order valence-electron chi connectivity index (χ4n) is 4.68. The standard InChI is InChI=1S/C27H27N5O3/c1-2-7-24(33)30-17-6-8-20(18-30)31-23-15-16-29-26(28)25(23)32(27(31)34)19-11-13-22(14-12-19)35-21-9-4-3-5-10-21/h2-5,7,9-16,20H,6,8,17-18H2,1H3,(H2,28,29)/t20-/m1/s1. The topological polar surface area (TPSA) is 95.4 Å². The summed E-state index contributed by atoms with van der Waals surface area (Å²) in [6, 6.07) is 18.5. The molecule has 0 aliphatic carbocycles. The molecule has 1 amide bonds. The summed E-state index contributed by atoms with van der Waals surface area (Å²) in [5.41, 5.74) is 7.99. The highest BCUT2D eigenvalue weighted by Gasteiger charge is 2.28. The van der Waals surface area contributed by atoms with E-state index in [4.69, 9.17) is 10.5 Å². The Morgan fingerprint density at radius 2 is 1.83 bits per heavy atom. The molecule has 1 aliphatic rings. The number of nitrogen functional groups attached to an aromatic ring is 1. The van der Waals surface area contributed by atoms with E-state index in [1.165, 1.54) is 0 Å². The summed E-state index contributed by atoms with van der Waals surface area (Å²) < 4.78 is 9.25. The minimum Gasteiger partial charge on any atom is -0.457 e. The van der Waals surface area contributed by atoms with Crippen molar-refractivity contribution in [1.82, 2.24) is 19.0 Å². The van der Waals surface area contributed by atoms with Crippen molar-refractivity contribution in [2.24, 2.45) is 0 Å². The lowest BCUT2D eigenvalue weighted by molar-refractivity contribution is -0.127. The zero-order chi connectivity index (χ0) is 24.4. The number of allylic oxidation sites excluding steroid dienone is 1. The van der Waals surface area contributed by atoms with Gasteiger partial charge in [-0.2, -0.15) is 0 Å². The number of aromatic nitrogens is 3. The van der Waals surface area contributed by atoms with Crippen LogP contribution in [0, 0.1) is 0 Å². The van der Waals surface area contributed by atoms with E-state index in [0.29, 0.717) is 35.6 Å². The summed E-state index contributed by atoms with van der Waals surface area (Å²) in [6.45, 7) is 2.97. The third kappa shape index (κ3) is 4.30. The number of imidazole rings is 1. The van der Waals surface area contributed by atoms with Gasteiger partial charge in [-0.25, -0.2) is 9.78 Å². The smallest absolute Gasteiger partial charge is 0.334 e. The highest BCUT2D eigenvalue weighted by molar-refractivity contribution is 5.88. The van der Waals surface area contributed by atoms with Crippen LogP contribution in [0.15, 0.2) is 83.8 Å². The maximum Gasteiger partial charge on any atom is 0.334 e. The van der Waals surface area contributed by atoms with E-state index in [9.17, 15) is 9.59 Å². The van der Waals surface area contributed by atoms with Gasteiger partial charge < -0.3 is 15.4 Å². The van der Waals surface area contributed by atoms with E-state index < -0.39 is 0 Å². The molecule has 0 saturated carbocycles. The van der Waals surface area contributed by atoms with Crippen molar-refractivity contribution in [3.05, 3.63) is 89.5 Å². The van der Waals surface area contributed by atoms with Crippen LogP contribution >= 0.6 is 0 Å². The molecule has 0 bridgehead atoms. The van der Waals surface area contributed by atoms with E-state index in [0.717, 1.165) is 18.6 Å². The number of hydrogen-bond donors (Lipinski definition) is 1. The van der Waals surface area contributed by atoms with Crippen LogP contribution in [0.25, 0.3) is 16.7 Å². The second-order valence-corrected chi connectivity index (χ2v) is 8.54. The molecule has 0 unspecified atom stereocenters. The van der Waals surface area contributed by atoms with Gasteiger partial charge >= 0.3 is 5.69 Å². The number of pyridine rings is 1. The fourth-order valence-corrected chi connectivity index (χ4v) is 4.68. The van der Waals surface area contributed by atoms with Crippen LogP contribution in [0.5, 0.6) is 11.5 Å². The lowest BCUT2D eigenvalue weighted by atomic mass is 10.1. The molecule has 4 aromatic rings. The molecule has 1 fully saturated rings. The molecule has 2 aromatic heterocycles. The average molecular weight is 470 g/mol. The number of likely N-dealkylation sites (tertiary alicyclic amines) is 1. The van der Waals surface area contributed by atoms with Gasteiger partial charge in [-0.05, 0) is 68.3 Å². The number of amides is 1. The number of fused-ring (bicyclic) bond motifs is 1. The van der Waals surface area contributed by atoms with Gasteiger partial charge in [0.2, 0.25) is 5.91 Å². The number of carbonyl (C=O) groups is 1. The molecule has 8 heteroatoms. The highest BCUT2D eigenvalue weighted by atomic mass is 16.5. The molecule has 0 spiro atoms. The minimum atomic E-state index is -0.207. The molecular formula is C27H27N5O3. The zero-order valence-electron chi connectivity index (χ0n) is 19.5. The number of benzene rings is 2. The van der Waals surface area contributed by atoms with E-state index in [-0.39, 0.29) is 23.5 Å². The maximum absolute atomic E-state index is 13.8. The Morgan fingerprint density at radius 1 is 1.09 bits per heavy atom. The van der Waals surface area contributed by atoms with Crippen molar-refractivity contribution in [2.75, 3.05) is 18.8 Å². The van der Waals surface area contributed by atoms with Crippen LogP contribution in [0.2, 0.25) is 0 Å². The quantitative estimate of drug-likeness (QED) is 0.440. The van der Waals surface area contributed by atoms with Gasteiger partial charge in [-0.3, -0.25) is 13.9 Å². The summed E-state index contributed by atoms with van der Waals surface area (Å²) in [4.78, 5) is 32.3. The van der Waals surface area contributed by atoms with Gasteiger partial charge in [-0.1, -0.05) is 24.3 Å². The molecular weight excluding hydrogens is 442 g/mol. The van der Waals surface area contributed by atoms with E-state index in [1.54, 1.807) is 32.4 Å². The van der Waals surface area contributed by atoms with E-state index in [2.05, 4.69) is 4.98 Å². The van der Waals surface area contributed by atoms with E-state index in [1.807, 2.05) is 67.6 Å². The van der Waals surface area contributed by atoms with Crippen molar-refractivity contribution in [3.63, 3.8) is 0 Å². The molecule has 1 aliphatic heterocycles. The third-order valence-electron chi connectivity index (χ3n) is 6.27. The first-order valence-corrected chi connectivity index (χ1v) is 11.7. The Kier molecular flexibility index (Phi) is 6.10. The van der Waals surface area contributed by atoms with Gasteiger partial charge in [0.15, 0.2) is 0 Å². The number of carbonyl (C=O) groups excluding carboxylic acids is 1. The number of nitrogens with zero attached hydrogens (tertiary/aromatic N) is 4. The van der Waals surface area contributed by atoms with Gasteiger partial charge in [0, 0.05) is 19.3 Å². The molecule has 1 atom stereocenters. The van der Waals surface area contributed by atoms with Gasteiger partial charge in [0.25, 0.3) is 0 Å². The Labute approximate surface area is 202 Å². The number of ether oxygens (including phenoxy) is 1. The Bertz CT molecular complexity index is 1440. The van der Waals surface area contributed by atoms with Gasteiger partial charge in [0.05, 0.1) is 17.2 Å². The van der Waals surface area contributed by atoms with Crippen LogP contribution in [0.4, 0.5) is 5.82 Å². The number of rotatable bonds is 5. The van der Waals surface area contributed by atoms with Gasteiger partial charge in [0.1, 0.15) is 22.8 Å². The summed E-state index contributed by atoms with van der Waals surface area (Å²) in [5.74, 6) is 1.63. The van der Waals surface area contributed by atoms with Crippen LogP contribution in [-0.4, -0.2) is 38.0 Å². The number of para-hydroxylation sites is 1. The van der Waals surface area contributed by atoms with Crippen molar-refractivity contribution < 1.29 is 9.53 Å². The first-order chi connectivity index (χ1) is 17.1. The first kappa shape index (κ1) is 22.5. The van der Waals surface area contributed by atoms with Crippen LogP contribution < -0.4 is 16.2 Å². The number of nitrogens with two attached hydrogens (primary N) is 1. The number of hydrogen-bond acceptors (Lipinski definition) is 5. The van der Waals surface area contributed by atoms with Crippen LogP contribution in [0.3, 0.4) is 0 Å². The first-order valence-electron chi connectivity index (χ1n) is 11.7. The number of piperidine rings is 1. The molecule has 0 radical (unpaired) electrons. The fraction of sp³-hybridized carbons (Fsp3) is 0.222. The zero-order valence-corrected chi connectivity index (χ0v) is 19.5. The molecule has 2 aromatic carbocycles. The Morgan fingerprint density at radius 3 is 2.57 bits per heavy atom. The second kappa shape index (κ2) is 9.50. The maximum atomic E-state index is 13.8. The van der Waals surface area contributed by atoms with Crippen molar-refractivity contribution in [2.45, 2.75) is 25.8 Å². The van der Waals surface area contributed by atoms with Crippen molar-refractivity contribution in [1.29, 1.82) is 0 Å². The predicted octanol–water partition coefficient (Wildman–Crippen LogP) is 4.30. The Hall–Kier alpha value is -4.33. The summed E-state index contributed by atoms with van der Waals surface area (Å²) >= 11 is 0. The largest absolute Gasteiger partial charge is 0.457 e.